The molecular formula is C13H14ClNO4. The maximum atomic E-state index is 10.7. The minimum Gasteiger partial charge on any atom is -0.507 e. The average Bonchev–Trinajstić information content (AvgIpc) is 3.08. The summed E-state index contributed by atoms with van der Waals surface area (Å²) in [7, 11) is 1.50. The Kier molecular flexibility index (Phi) is 3.66. The van der Waals surface area contributed by atoms with E-state index in [9.17, 15) is 9.90 Å². The number of rotatable bonds is 4. The molecule has 0 saturated heterocycles. The van der Waals surface area contributed by atoms with Gasteiger partial charge in [-0.05, 0) is 18.9 Å². The third-order valence-corrected chi connectivity index (χ3v) is 3.34. The SMILES string of the molecule is COc1cc(O)c(C2(C=NOC(C)=O)CC2)c(Cl)c1. The van der Waals surface area contributed by atoms with E-state index >= 15 is 0 Å². The standard InChI is InChI=1S/C13H14ClNO4/c1-8(16)19-15-7-13(3-4-13)12-10(14)5-9(18-2)6-11(12)17/h5-7,17H,3-4H2,1-2H3. The van der Waals surface area contributed by atoms with E-state index in [-0.39, 0.29) is 5.75 Å². The topological polar surface area (TPSA) is 68.1 Å². The fraction of sp³-hybridized carbons (Fsp3) is 0.385. The Hall–Kier alpha value is -1.75. The lowest BCUT2D eigenvalue weighted by molar-refractivity contribution is -0.140. The van der Waals surface area contributed by atoms with Crippen molar-refractivity contribution in [3.8, 4) is 11.5 Å². The molecule has 0 amide bonds. The van der Waals surface area contributed by atoms with Crippen LogP contribution in [0, 0.1) is 0 Å². The number of nitrogens with zero attached hydrogens (tertiary/aromatic N) is 1. The van der Waals surface area contributed by atoms with Crippen LogP contribution >= 0.6 is 11.6 Å². The quantitative estimate of drug-likeness (QED) is 0.524. The highest BCUT2D eigenvalue weighted by Crippen LogP contribution is 2.53. The van der Waals surface area contributed by atoms with E-state index in [1.165, 1.54) is 26.3 Å². The molecule has 1 fully saturated rings. The number of oxime groups is 1. The third-order valence-electron chi connectivity index (χ3n) is 3.05. The number of phenols is 1. The largest absolute Gasteiger partial charge is 0.507 e. The van der Waals surface area contributed by atoms with Gasteiger partial charge < -0.3 is 14.7 Å². The summed E-state index contributed by atoms with van der Waals surface area (Å²) in [6, 6.07) is 3.14. The highest BCUT2D eigenvalue weighted by atomic mass is 35.5. The Balaban J connectivity index is 2.31. The molecular weight excluding hydrogens is 270 g/mol. The molecule has 6 heteroatoms. The van der Waals surface area contributed by atoms with Crippen LogP contribution in [0.2, 0.25) is 5.02 Å². The van der Waals surface area contributed by atoms with Crippen LogP contribution in [-0.2, 0) is 15.0 Å². The van der Waals surface area contributed by atoms with E-state index in [1.54, 1.807) is 6.07 Å². The lowest BCUT2D eigenvalue weighted by Crippen LogP contribution is -2.10. The second kappa shape index (κ2) is 5.09. The van der Waals surface area contributed by atoms with E-state index in [0.29, 0.717) is 16.3 Å². The summed E-state index contributed by atoms with van der Waals surface area (Å²) in [6.45, 7) is 1.27. The first-order valence-corrected chi connectivity index (χ1v) is 6.15. The smallest absolute Gasteiger partial charge is 0.331 e. The molecule has 0 heterocycles. The van der Waals surface area contributed by atoms with E-state index in [1.807, 2.05) is 0 Å². The van der Waals surface area contributed by atoms with Crippen LogP contribution < -0.4 is 4.74 Å². The molecule has 102 valence electrons. The highest BCUT2D eigenvalue weighted by molar-refractivity contribution is 6.32. The van der Waals surface area contributed by atoms with Gasteiger partial charge in [0.1, 0.15) is 11.5 Å². The molecule has 1 aliphatic carbocycles. The zero-order chi connectivity index (χ0) is 14.0. The Morgan fingerprint density at radius 3 is 2.68 bits per heavy atom. The van der Waals surface area contributed by atoms with Gasteiger partial charge in [0.05, 0.1) is 18.3 Å². The first-order chi connectivity index (χ1) is 8.98. The number of aromatic hydroxyl groups is 1. The van der Waals surface area contributed by atoms with Crippen LogP contribution in [0.15, 0.2) is 17.3 Å². The molecule has 0 atom stereocenters. The third kappa shape index (κ3) is 2.81. The fourth-order valence-corrected chi connectivity index (χ4v) is 2.35. The van der Waals surface area contributed by atoms with Crippen molar-refractivity contribution in [2.75, 3.05) is 7.11 Å². The minimum absolute atomic E-state index is 0.0520. The summed E-state index contributed by atoms with van der Waals surface area (Å²) in [5, 5.41) is 14.1. The Morgan fingerprint density at radius 1 is 1.53 bits per heavy atom. The molecule has 2 rings (SSSR count). The van der Waals surface area contributed by atoms with Crippen molar-refractivity contribution in [1.29, 1.82) is 0 Å². The molecule has 0 spiro atoms. The fourth-order valence-electron chi connectivity index (χ4n) is 1.96. The molecule has 0 aliphatic heterocycles. The summed E-state index contributed by atoms with van der Waals surface area (Å²) in [4.78, 5) is 15.2. The second-order valence-corrected chi connectivity index (χ2v) is 4.88. The summed E-state index contributed by atoms with van der Waals surface area (Å²) >= 11 is 6.17. The monoisotopic (exact) mass is 283 g/mol. The number of benzene rings is 1. The van der Waals surface area contributed by atoms with E-state index in [4.69, 9.17) is 16.3 Å². The molecule has 0 radical (unpaired) electrons. The van der Waals surface area contributed by atoms with Crippen LogP contribution in [0.3, 0.4) is 0 Å². The number of carbonyl (C=O) groups excluding carboxylic acids is 1. The van der Waals surface area contributed by atoms with Crippen molar-refractivity contribution in [1.82, 2.24) is 0 Å². The van der Waals surface area contributed by atoms with Crippen molar-refractivity contribution in [3.05, 3.63) is 22.7 Å². The normalized spacial score (nSPS) is 16.4. The predicted molar refractivity (Wildman–Crippen MR) is 70.8 cm³/mol. The summed E-state index contributed by atoms with van der Waals surface area (Å²) in [6.07, 6.45) is 3.09. The van der Waals surface area contributed by atoms with Gasteiger partial charge >= 0.3 is 5.97 Å². The molecule has 1 aromatic rings. The second-order valence-electron chi connectivity index (χ2n) is 4.48. The molecule has 19 heavy (non-hydrogen) atoms. The van der Waals surface area contributed by atoms with Crippen molar-refractivity contribution < 1.29 is 19.5 Å². The average molecular weight is 284 g/mol. The van der Waals surface area contributed by atoms with E-state index in [0.717, 1.165) is 12.8 Å². The van der Waals surface area contributed by atoms with Crippen molar-refractivity contribution in [2.24, 2.45) is 5.16 Å². The van der Waals surface area contributed by atoms with Crippen LogP contribution in [0.25, 0.3) is 0 Å². The number of phenolic OH excluding ortho intramolecular Hbond substituents is 1. The summed E-state index contributed by atoms with van der Waals surface area (Å²) in [5.41, 5.74) is 0.133. The van der Waals surface area contributed by atoms with E-state index in [2.05, 4.69) is 9.99 Å². The molecule has 1 N–H and O–H groups in total. The number of methoxy groups -OCH3 is 1. The zero-order valence-electron chi connectivity index (χ0n) is 10.6. The van der Waals surface area contributed by atoms with E-state index < -0.39 is 11.4 Å². The van der Waals surface area contributed by atoms with Gasteiger partial charge in [0.15, 0.2) is 0 Å². The van der Waals surface area contributed by atoms with Gasteiger partial charge in [0.2, 0.25) is 0 Å². The Bertz CT molecular complexity index is 514. The van der Waals surface area contributed by atoms with Gasteiger partial charge in [-0.25, -0.2) is 4.79 Å². The number of hydrogen-bond donors (Lipinski definition) is 1. The molecule has 0 aromatic heterocycles. The first-order valence-electron chi connectivity index (χ1n) is 5.77. The lowest BCUT2D eigenvalue weighted by atomic mass is 9.96. The highest BCUT2D eigenvalue weighted by Gasteiger charge is 2.46. The van der Waals surface area contributed by atoms with Crippen LogP contribution in [0.1, 0.15) is 25.3 Å². The van der Waals surface area contributed by atoms with Gasteiger partial charge in [-0.3, -0.25) is 0 Å². The molecule has 0 unspecified atom stereocenters. The first kappa shape index (κ1) is 13.7. The van der Waals surface area contributed by atoms with Crippen LogP contribution in [0.5, 0.6) is 11.5 Å². The molecule has 1 aliphatic rings. The number of halogens is 1. The predicted octanol–water partition coefficient (Wildman–Crippen LogP) is 2.63. The Labute approximate surface area is 115 Å². The van der Waals surface area contributed by atoms with Gasteiger partial charge in [0, 0.05) is 24.0 Å². The number of hydrogen-bond acceptors (Lipinski definition) is 5. The number of carbonyl (C=O) groups is 1. The molecule has 0 bridgehead atoms. The van der Waals surface area contributed by atoms with Gasteiger partial charge in [-0.1, -0.05) is 16.8 Å². The molecule has 1 saturated carbocycles. The Morgan fingerprint density at radius 2 is 2.21 bits per heavy atom. The minimum atomic E-state index is -0.489. The maximum absolute atomic E-state index is 10.7. The molecule has 1 aromatic carbocycles. The van der Waals surface area contributed by atoms with Crippen molar-refractivity contribution >= 4 is 23.8 Å². The lowest BCUT2D eigenvalue weighted by Gasteiger charge is -2.15. The summed E-state index contributed by atoms with van der Waals surface area (Å²) < 4.78 is 5.03. The maximum Gasteiger partial charge on any atom is 0.331 e. The van der Waals surface area contributed by atoms with Crippen molar-refractivity contribution in [3.63, 3.8) is 0 Å². The van der Waals surface area contributed by atoms with Crippen LogP contribution in [-0.4, -0.2) is 24.4 Å². The van der Waals surface area contributed by atoms with Crippen molar-refractivity contribution in [2.45, 2.75) is 25.2 Å². The molecule has 5 nitrogen and oxygen atoms in total. The van der Waals surface area contributed by atoms with Crippen LogP contribution in [0.4, 0.5) is 0 Å². The van der Waals surface area contributed by atoms with Gasteiger partial charge in [0.25, 0.3) is 0 Å². The number of ether oxygens (including phenoxy) is 1. The van der Waals surface area contributed by atoms with Gasteiger partial charge in [-0.2, -0.15) is 0 Å². The summed E-state index contributed by atoms with van der Waals surface area (Å²) in [5.74, 6) is 0.0483. The zero-order valence-corrected chi connectivity index (χ0v) is 11.4. The van der Waals surface area contributed by atoms with Gasteiger partial charge in [-0.15, -0.1) is 0 Å².